The highest BCUT2D eigenvalue weighted by molar-refractivity contribution is 7.14. The smallest absolute Gasteiger partial charge is 0.278 e. The van der Waals surface area contributed by atoms with Crippen LogP contribution in [0.1, 0.15) is 40.1 Å². The van der Waals surface area contributed by atoms with Crippen LogP contribution in [0.2, 0.25) is 0 Å². The molecule has 0 aromatic carbocycles. The van der Waals surface area contributed by atoms with Gasteiger partial charge in [0, 0.05) is 23.6 Å². The first kappa shape index (κ1) is 18.8. The number of anilines is 1. The van der Waals surface area contributed by atoms with E-state index in [0.717, 1.165) is 47.0 Å². The van der Waals surface area contributed by atoms with Crippen LogP contribution in [0.25, 0.3) is 21.6 Å². The van der Waals surface area contributed by atoms with E-state index in [1.807, 2.05) is 19.1 Å². The van der Waals surface area contributed by atoms with Crippen molar-refractivity contribution in [3.8, 4) is 10.7 Å². The molecule has 9 nitrogen and oxygen atoms in total. The summed E-state index contributed by atoms with van der Waals surface area (Å²) in [7, 11) is 0. The molecule has 0 atom stereocenters. The van der Waals surface area contributed by atoms with Crippen molar-refractivity contribution >= 4 is 34.0 Å². The zero-order valence-corrected chi connectivity index (χ0v) is 17.1. The Bertz CT molecular complexity index is 1210. The Balaban J connectivity index is 1.35. The third-order valence-corrected chi connectivity index (χ3v) is 5.86. The van der Waals surface area contributed by atoms with Crippen molar-refractivity contribution in [3.05, 3.63) is 47.3 Å². The van der Waals surface area contributed by atoms with E-state index in [0.29, 0.717) is 17.2 Å². The molecule has 0 aliphatic carbocycles. The molecule has 0 radical (unpaired) electrons. The molecule has 0 bridgehead atoms. The fourth-order valence-electron chi connectivity index (χ4n) is 3.43. The maximum atomic E-state index is 12.6. The molecule has 152 valence electrons. The highest BCUT2D eigenvalue weighted by atomic mass is 32.1. The van der Waals surface area contributed by atoms with Crippen LogP contribution in [0, 0.1) is 6.92 Å². The summed E-state index contributed by atoms with van der Waals surface area (Å²) in [5.74, 6) is 0.906. The number of nitrogens with one attached hydrogen (secondary N) is 2. The van der Waals surface area contributed by atoms with E-state index in [4.69, 9.17) is 4.42 Å². The number of fused-ring (bicyclic) bond motifs is 1. The van der Waals surface area contributed by atoms with Gasteiger partial charge in [-0.2, -0.15) is 0 Å². The van der Waals surface area contributed by atoms with Gasteiger partial charge in [0.05, 0.1) is 5.52 Å². The first-order chi connectivity index (χ1) is 14.7. The summed E-state index contributed by atoms with van der Waals surface area (Å²) >= 11 is 1.48. The van der Waals surface area contributed by atoms with Gasteiger partial charge in [0.2, 0.25) is 0 Å². The van der Waals surface area contributed by atoms with Gasteiger partial charge in [0.25, 0.3) is 5.91 Å². The first-order valence-corrected chi connectivity index (χ1v) is 10.5. The average molecular weight is 421 g/mol. The molecule has 0 unspecified atom stereocenters. The fraction of sp³-hybridized carbons (Fsp3) is 0.300. The van der Waals surface area contributed by atoms with Gasteiger partial charge in [0.15, 0.2) is 16.6 Å². The van der Waals surface area contributed by atoms with Crippen molar-refractivity contribution in [1.29, 1.82) is 0 Å². The number of piperidine rings is 1. The van der Waals surface area contributed by atoms with E-state index < -0.39 is 0 Å². The Morgan fingerprint density at radius 1 is 1.23 bits per heavy atom. The average Bonchev–Trinajstić information content (AvgIpc) is 3.43. The van der Waals surface area contributed by atoms with Crippen LogP contribution in [-0.4, -0.2) is 44.1 Å². The predicted molar refractivity (Wildman–Crippen MR) is 112 cm³/mol. The summed E-state index contributed by atoms with van der Waals surface area (Å²) in [6.07, 6.45) is 4.99. The van der Waals surface area contributed by atoms with Crippen molar-refractivity contribution in [3.63, 3.8) is 0 Å². The van der Waals surface area contributed by atoms with E-state index in [2.05, 4.69) is 35.8 Å². The molecular formula is C20H19N7O2S. The first-order valence-electron chi connectivity index (χ1n) is 9.70. The number of carbonyl (C=O) groups is 1. The molecule has 1 aliphatic rings. The number of aromatic nitrogens is 5. The molecule has 10 heteroatoms. The van der Waals surface area contributed by atoms with Gasteiger partial charge < -0.3 is 15.1 Å². The minimum absolute atomic E-state index is 0.247. The number of pyridine rings is 2. The molecule has 1 aliphatic heterocycles. The highest BCUT2D eigenvalue weighted by Gasteiger charge is 2.22. The second-order valence-electron chi connectivity index (χ2n) is 7.13. The Kier molecular flexibility index (Phi) is 4.93. The normalized spacial score (nSPS) is 14.8. The summed E-state index contributed by atoms with van der Waals surface area (Å²) in [5, 5.41) is 16.8. The molecule has 30 heavy (non-hydrogen) atoms. The quantitative estimate of drug-likeness (QED) is 0.516. The third kappa shape index (κ3) is 3.79. The van der Waals surface area contributed by atoms with Gasteiger partial charge in [-0.15, -0.1) is 10.2 Å². The zero-order chi connectivity index (χ0) is 20.5. The molecule has 1 amide bonds. The second-order valence-corrected chi connectivity index (χ2v) is 8.32. The maximum Gasteiger partial charge on any atom is 0.278 e. The monoisotopic (exact) mass is 421 g/mol. The van der Waals surface area contributed by atoms with Gasteiger partial charge in [-0.3, -0.25) is 4.79 Å². The van der Waals surface area contributed by atoms with Gasteiger partial charge in [-0.25, -0.2) is 15.0 Å². The van der Waals surface area contributed by atoms with Crippen molar-refractivity contribution in [2.75, 3.05) is 18.4 Å². The molecular weight excluding hydrogens is 402 g/mol. The molecule has 5 heterocycles. The van der Waals surface area contributed by atoms with Crippen molar-refractivity contribution in [2.45, 2.75) is 25.7 Å². The Labute approximate surface area is 176 Å². The fourth-order valence-corrected chi connectivity index (χ4v) is 4.09. The lowest BCUT2D eigenvalue weighted by Crippen LogP contribution is -2.26. The van der Waals surface area contributed by atoms with Gasteiger partial charge in [-0.1, -0.05) is 11.3 Å². The van der Waals surface area contributed by atoms with Crippen LogP contribution >= 0.6 is 11.3 Å². The molecule has 2 N–H and O–H groups in total. The number of rotatable bonds is 4. The zero-order valence-electron chi connectivity index (χ0n) is 16.3. The van der Waals surface area contributed by atoms with Gasteiger partial charge in [0.1, 0.15) is 22.8 Å². The Morgan fingerprint density at radius 3 is 2.90 bits per heavy atom. The highest BCUT2D eigenvalue weighted by Crippen LogP contribution is 2.26. The SMILES string of the molecule is Cc1nnc(-c2ccc3cnc(NC(=O)c4coc(C5CCNCC5)n4)cc3n2)s1. The number of carbonyl (C=O) groups excluding carboxylic acids is 1. The minimum Gasteiger partial charge on any atom is -0.448 e. The maximum absolute atomic E-state index is 12.6. The van der Waals surface area contributed by atoms with Crippen LogP contribution < -0.4 is 10.6 Å². The second kappa shape index (κ2) is 7.88. The third-order valence-electron chi connectivity index (χ3n) is 5.00. The van der Waals surface area contributed by atoms with E-state index in [1.165, 1.54) is 17.6 Å². The number of nitrogens with zero attached hydrogens (tertiary/aromatic N) is 5. The molecule has 5 rings (SSSR count). The van der Waals surface area contributed by atoms with Crippen LogP contribution in [0.15, 0.2) is 35.1 Å². The summed E-state index contributed by atoms with van der Waals surface area (Å²) in [6.45, 7) is 3.77. The van der Waals surface area contributed by atoms with E-state index >= 15 is 0 Å². The van der Waals surface area contributed by atoms with E-state index in [1.54, 1.807) is 12.3 Å². The molecule has 0 saturated carbocycles. The van der Waals surface area contributed by atoms with Gasteiger partial charge >= 0.3 is 0 Å². The number of amides is 1. The van der Waals surface area contributed by atoms with Crippen molar-refractivity contribution in [2.24, 2.45) is 0 Å². The predicted octanol–water partition coefficient (Wildman–Crippen LogP) is 3.16. The number of aryl methyl sites for hydroxylation is 1. The van der Waals surface area contributed by atoms with Gasteiger partial charge in [-0.05, 0) is 45.0 Å². The summed E-state index contributed by atoms with van der Waals surface area (Å²) in [5.41, 5.74) is 1.69. The summed E-state index contributed by atoms with van der Waals surface area (Å²) in [4.78, 5) is 26.0. The van der Waals surface area contributed by atoms with E-state index in [-0.39, 0.29) is 17.5 Å². The van der Waals surface area contributed by atoms with Crippen LogP contribution in [0.5, 0.6) is 0 Å². The topological polar surface area (TPSA) is 119 Å². The van der Waals surface area contributed by atoms with Crippen LogP contribution in [0.4, 0.5) is 5.82 Å². The summed E-state index contributed by atoms with van der Waals surface area (Å²) < 4.78 is 5.56. The lowest BCUT2D eigenvalue weighted by molar-refractivity contribution is 0.102. The van der Waals surface area contributed by atoms with Crippen LogP contribution in [-0.2, 0) is 0 Å². The molecule has 4 aromatic heterocycles. The molecule has 4 aromatic rings. The van der Waals surface area contributed by atoms with E-state index in [9.17, 15) is 4.79 Å². The lowest BCUT2D eigenvalue weighted by Gasteiger charge is -2.19. The number of hydrogen-bond acceptors (Lipinski definition) is 9. The largest absolute Gasteiger partial charge is 0.448 e. The molecule has 1 fully saturated rings. The standard InChI is InChI=1S/C20H19N7O2S/c1-11-26-27-20(30-11)14-3-2-13-9-22-17(8-15(13)23-14)25-18(28)16-10-29-19(24-16)12-4-6-21-7-5-12/h2-3,8-10,12,21H,4-7H2,1H3,(H,22,25,28). The van der Waals surface area contributed by atoms with Crippen molar-refractivity contribution in [1.82, 2.24) is 30.5 Å². The number of hydrogen-bond donors (Lipinski definition) is 2. The Hall–Kier alpha value is -3.24. The molecule has 1 saturated heterocycles. The lowest BCUT2D eigenvalue weighted by atomic mass is 9.98. The summed E-state index contributed by atoms with van der Waals surface area (Å²) in [6, 6.07) is 5.55. The Morgan fingerprint density at radius 2 is 2.10 bits per heavy atom. The molecule has 0 spiro atoms. The van der Waals surface area contributed by atoms with Crippen LogP contribution in [0.3, 0.4) is 0 Å². The number of oxazole rings is 1. The van der Waals surface area contributed by atoms with Crippen molar-refractivity contribution < 1.29 is 9.21 Å². The minimum atomic E-state index is -0.360.